The molecule has 1 heteroatoms. The predicted molar refractivity (Wildman–Crippen MR) is 97.9 cm³/mol. The van der Waals surface area contributed by atoms with Crippen molar-refractivity contribution >= 4 is 0 Å². The molecule has 0 rings (SSSR count). The van der Waals surface area contributed by atoms with Crippen molar-refractivity contribution in [2.24, 2.45) is 17.3 Å². The Morgan fingerprint density at radius 3 is 1.81 bits per heavy atom. The van der Waals surface area contributed by atoms with Gasteiger partial charge in [0.1, 0.15) is 0 Å². The molecule has 0 heterocycles. The lowest BCUT2D eigenvalue weighted by molar-refractivity contribution is 0.182. The molecule has 0 aliphatic heterocycles. The van der Waals surface area contributed by atoms with Crippen LogP contribution in [0.4, 0.5) is 0 Å². The summed E-state index contributed by atoms with van der Waals surface area (Å²) in [7, 11) is 0. The standard InChI is InChI=1S/C20H43N/c1-7-8-9-10-11-12-13-14-15-20(6,19(4)5)17-21-16-18(2)3/h18-19,21H,7-17H2,1-6H3. The smallest absolute Gasteiger partial charge is 0.000772 e. The molecule has 21 heavy (non-hydrogen) atoms. The Kier molecular flexibility index (Phi) is 12.5. The van der Waals surface area contributed by atoms with Crippen molar-refractivity contribution in [3.05, 3.63) is 0 Å². The molecule has 0 spiro atoms. The van der Waals surface area contributed by atoms with Gasteiger partial charge in [-0.3, -0.25) is 0 Å². The summed E-state index contributed by atoms with van der Waals surface area (Å²) in [6, 6.07) is 0. The van der Waals surface area contributed by atoms with Gasteiger partial charge >= 0.3 is 0 Å². The van der Waals surface area contributed by atoms with Gasteiger partial charge in [-0.15, -0.1) is 0 Å². The van der Waals surface area contributed by atoms with Crippen LogP contribution >= 0.6 is 0 Å². The van der Waals surface area contributed by atoms with Crippen molar-refractivity contribution in [2.75, 3.05) is 13.1 Å². The summed E-state index contributed by atoms with van der Waals surface area (Å²) in [4.78, 5) is 0. The van der Waals surface area contributed by atoms with E-state index in [0.717, 1.165) is 18.4 Å². The van der Waals surface area contributed by atoms with Crippen molar-refractivity contribution < 1.29 is 0 Å². The lowest BCUT2D eigenvalue weighted by Gasteiger charge is -2.34. The molecule has 0 aromatic carbocycles. The van der Waals surface area contributed by atoms with E-state index >= 15 is 0 Å². The summed E-state index contributed by atoms with van der Waals surface area (Å²) in [6.45, 7) is 16.5. The number of nitrogens with one attached hydrogen (secondary N) is 1. The van der Waals surface area contributed by atoms with Gasteiger partial charge in [-0.25, -0.2) is 0 Å². The highest BCUT2D eigenvalue weighted by Gasteiger charge is 2.27. The van der Waals surface area contributed by atoms with E-state index in [1.807, 2.05) is 0 Å². The summed E-state index contributed by atoms with van der Waals surface area (Å²) < 4.78 is 0. The molecule has 1 atom stereocenters. The van der Waals surface area contributed by atoms with Crippen molar-refractivity contribution in [1.29, 1.82) is 0 Å². The number of hydrogen-bond acceptors (Lipinski definition) is 1. The second-order valence-electron chi connectivity index (χ2n) is 8.06. The zero-order chi connectivity index (χ0) is 16.1. The van der Waals surface area contributed by atoms with E-state index in [-0.39, 0.29) is 0 Å². The Bertz CT molecular complexity index is 222. The van der Waals surface area contributed by atoms with E-state index in [0.29, 0.717) is 5.41 Å². The fraction of sp³-hybridized carbons (Fsp3) is 1.00. The van der Waals surface area contributed by atoms with Gasteiger partial charge in [0.2, 0.25) is 0 Å². The molecule has 0 saturated heterocycles. The van der Waals surface area contributed by atoms with Gasteiger partial charge in [0.05, 0.1) is 0 Å². The lowest BCUT2D eigenvalue weighted by atomic mass is 9.75. The van der Waals surface area contributed by atoms with Crippen LogP contribution in [0, 0.1) is 17.3 Å². The van der Waals surface area contributed by atoms with Gasteiger partial charge in [-0.2, -0.15) is 0 Å². The molecule has 0 aliphatic rings. The first kappa shape index (κ1) is 21.0. The first-order chi connectivity index (χ1) is 9.92. The molecule has 0 bridgehead atoms. The molecule has 128 valence electrons. The zero-order valence-electron chi connectivity index (χ0n) is 15.9. The maximum absolute atomic E-state index is 3.68. The monoisotopic (exact) mass is 297 g/mol. The first-order valence-electron chi connectivity index (χ1n) is 9.63. The van der Waals surface area contributed by atoms with Crippen LogP contribution in [0.3, 0.4) is 0 Å². The molecule has 0 aliphatic carbocycles. The van der Waals surface area contributed by atoms with Crippen LogP contribution in [0.5, 0.6) is 0 Å². The maximum atomic E-state index is 3.68. The molecule has 0 aromatic heterocycles. The Labute approximate surface area is 135 Å². The number of unbranched alkanes of at least 4 members (excludes halogenated alkanes) is 7. The van der Waals surface area contributed by atoms with Crippen molar-refractivity contribution in [3.8, 4) is 0 Å². The van der Waals surface area contributed by atoms with Crippen LogP contribution in [0.15, 0.2) is 0 Å². The fourth-order valence-electron chi connectivity index (χ4n) is 2.89. The second kappa shape index (κ2) is 12.5. The largest absolute Gasteiger partial charge is 0.316 e. The molecule has 0 radical (unpaired) electrons. The van der Waals surface area contributed by atoms with E-state index in [2.05, 4.69) is 46.9 Å². The summed E-state index contributed by atoms with van der Waals surface area (Å²) in [5.41, 5.74) is 0.469. The van der Waals surface area contributed by atoms with Gasteiger partial charge < -0.3 is 5.32 Å². The number of hydrogen-bond donors (Lipinski definition) is 1. The average Bonchev–Trinajstić information content (AvgIpc) is 2.41. The van der Waals surface area contributed by atoms with Crippen LogP contribution in [0.25, 0.3) is 0 Å². The third-order valence-electron chi connectivity index (χ3n) is 5.08. The van der Waals surface area contributed by atoms with Crippen LogP contribution in [-0.4, -0.2) is 13.1 Å². The minimum Gasteiger partial charge on any atom is -0.316 e. The molecule has 0 amide bonds. The van der Waals surface area contributed by atoms with E-state index in [9.17, 15) is 0 Å². The molecule has 1 N–H and O–H groups in total. The zero-order valence-corrected chi connectivity index (χ0v) is 15.9. The summed E-state index contributed by atoms with van der Waals surface area (Å²) in [5, 5.41) is 3.68. The Hall–Kier alpha value is -0.0400. The van der Waals surface area contributed by atoms with E-state index in [1.54, 1.807) is 0 Å². The summed E-state index contributed by atoms with van der Waals surface area (Å²) >= 11 is 0. The fourth-order valence-corrected chi connectivity index (χ4v) is 2.89. The molecule has 0 aromatic rings. The van der Waals surface area contributed by atoms with E-state index in [1.165, 1.54) is 64.3 Å². The van der Waals surface area contributed by atoms with E-state index < -0.39 is 0 Å². The van der Waals surface area contributed by atoms with Crippen LogP contribution in [-0.2, 0) is 0 Å². The van der Waals surface area contributed by atoms with Gasteiger partial charge in [-0.1, -0.05) is 92.9 Å². The Morgan fingerprint density at radius 2 is 1.33 bits per heavy atom. The normalized spacial score (nSPS) is 14.9. The average molecular weight is 298 g/mol. The van der Waals surface area contributed by atoms with Gasteiger partial charge in [0.15, 0.2) is 0 Å². The summed E-state index contributed by atoms with van der Waals surface area (Å²) in [6.07, 6.45) is 12.8. The Morgan fingerprint density at radius 1 is 0.810 bits per heavy atom. The Balaban J connectivity index is 3.77. The van der Waals surface area contributed by atoms with E-state index in [4.69, 9.17) is 0 Å². The van der Waals surface area contributed by atoms with Gasteiger partial charge in [0, 0.05) is 6.54 Å². The predicted octanol–water partition coefficient (Wildman–Crippen LogP) is 6.43. The first-order valence-corrected chi connectivity index (χ1v) is 9.63. The number of rotatable bonds is 14. The van der Waals surface area contributed by atoms with Gasteiger partial charge in [-0.05, 0) is 30.2 Å². The SMILES string of the molecule is CCCCCCCCCCC(C)(CNCC(C)C)C(C)C. The van der Waals surface area contributed by atoms with Gasteiger partial charge in [0.25, 0.3) is 0 Å². The van der Waals surface area contributed by atoms with Crippen LogP contribution < -0.4 is 5.32 Å². The highest BCUT2D eigenvalue weighted by Crippen LogP contribution is 2.32. The third kappa shape index (κ3) is 11.2. The van der Waals surface area contributed by atoms with Crippen molar-refractivity contribution in [2.45, 2.75) is 99.3 Å². The molecule has 0 fully saturated rings. The molecular formula is C20H43N. The topological polar surface area (TPSA) is 12.0 Å². The maximum Gasteiger partial charge on any atom is 0.000772 e. The molecule has 1 nitrogen and oxygen atoms in total. The minimum absolute atomic E-state index is 0.469. The summed E-state index contributed by atoms with van der Waals surface area (Å²) in [5.74, 6) is 1.52. The lowest BCUT2D eigenvalue weighted by Crippen LogP contribution is -2.37. The van der Waals surface area contributed by atoms with Crippen molar-refractivity contribution in [3.63, 3.8) is 0 Å². The van der Waals surface area contributed by atoms with Crippen LogP contribution in [0.2, 0.25) is 0 Å². The van der Waals surface area contributed by atoms with Crippen LogP contribution in [0.1, 0.15) is 99.3 Å². The second-order valence-corrected chi connectivity index (χ2v) is 8.06. The van der Waals surface area contributed by atoms with Crippen molar-refractivity contribution in [1.82, 2.24) is 5.32 Å². The molecular weight excluding hydrogens is 254 g/mol. The quantitative estimate of drug-likeness (QED) is 0.364. The third-order valence-corrected chi connectivity index (χ3v) is 5.08. The molecule has 0 saturated carbocycles. The minimum atomic E-state index is 0.469. The highest BCUT2D eigenvalue weighted by atomic mass is 14.9. The highest BCUT2D eigenvalue weighted by molar-refractivity contribution is 4.80. The molecule has 1 unspecified atom stereocenters.